The number of hydrogen-bond acceptors (Lipinski definition) is 7. The van der Waals surface area contributed by atoms with Gasteiger partial charge in [0.2, 0.25) is 5.91 Å². The van der Waals surface area contributed by atoms with E-state index in [1.807, 2.05) is 0 Å². The number of amides is 1. The highest BCUT2D eigenvalue weighted by atomic mass is 35.5. The molecule has 0 aliphatic carbocycles. The Bertz CT molecular complexity index is 1510. The zero-order valence-electron chi connectivity index (χ0n) is 18.0. The average Bonchev–Trinajstić information content (AvgIpc) is 2.86. The first kappa shape index (κ1) is 23.9. The summed E-state index contributed by atoms with van der Waals surface area (Å²) < 4.78 is 31.0. The third-order valence-corrected chi connectivity index (χ3v) is 5.79. The molecule has 1 atom stereocenters. The molecule has 11 nitrogen and oxygen atoms in total. The van der Waals surface area contributed by atoms with Crippen molar-refractivity contribution in [2.45, 2.75) is 0 Å². The molecule has 1 unspecified atom stereocenters. The number of ether oxygens (including phenoxy) is 1. The van der Waals surface area contributed by atoms with E-state index in [0.717, 1.165) is 4.31 Å². The van der Waals surface area contributed by atoms with Crippen LogP contribution in [0.2, 0.25) is 5.02 Å². The molecule has 176 valence electrons. The number of methoxy groups -OCH3 is 1. The van der Waals surface area contributed by atoms with Crippen LogP contribution in [0.1, 0.15) is 10.4 Å². The van der Waals surface area contributed by atoms with E-state index in [1.54, 1.807) is 42.5 Å². The molecular formula is C22H15ClN7O4S-. The molecule has 13 heteroatoms. The van der Waals surface area contributed by atoms with Crippen LogP contribution >= 0.6 is 11.6 Å². The van der Waals surface area contributed by atoms with E-state index in [1.165, 1.54) is 31.4 Å². The number of azide groups is 1. The topological polar surface area (TPSA) is 156 Å². The number of fused-ring (bicyclic) bond motifs is 1. The van der Waals surface area contributed by atoms with Gasteiger partial charge in [-0.25, -0.2) is 9.97 Å². The quantitative estimate of drug-likeness (QED) is 0.151. The highest BCUT2D eigenvalue weighted by Crippen LogP contribution is 2.36. The maximum absolute atomic E-state index is 12.4. The second-order valence-corrected chi connectivity index (χ2v) is 8.12. The summed E-state index contributed by atoms with van der Waals surface area (Å²) in [6.45, 7) is 0. The monoisotopic (exact) mass is 508 g/mol. The van der Waals surface area contributed by atoms with E-state index in [-0.39, 0.29) is 22.9 Å². The summed E-state index contributed by atoms with van der Waals surface area (Å²) >= 11 is 3.45. The number of anilines is 4. The van der Waals surface area contributed by atoms with Gasteiger partial charge in [0.15, 0.2) is 11.6 Å². The molecule has 1 heterocycles. The number of nitrogens with zero attached hydrogens (tertiary/aromatic N) is 6. The first-order chi connectivity index (χ1) is 16.9. The standard InChI is InChI=1S/C22H16ClN7O4S/c1-34-15-9-10-16(23)19(12-15)26-20-21(27-18-8-3-2-7-17(18)25-20)30(35(32)33)14-6-4-5-13(11-14)22(31)28-29-24/h2-12H,1H3,(H,25,26)(H,32,33)/p-1. The Hall–Kier alpha value is -4.22. The Morgan fingerprint density at radius 2 is 1.89 bits per heavy atom. The van der Waals surface area contributed by atoms with Crippen molar-refractivity contribution in [1.82, 2.24) is 9.97 Å². The van der Waals surface area contributed by atoms with Crippen molar-refractivity contribution in [3.05, 3.63) is 87.8 Å². The number of aromatic nitrogens is 2. The maximum atomic E-state index is 12.4. The van der Waals surface area contributed by atoms with Crippen LogP contribution in [-0.4, -0.2) is 31.7 Å². The molecule has 0 spiro atoms. The molecule has 1 amide bonds. The minimum atomic E-state index is -2.88. The number of halogens is 1. The molecule has 0 saturated carbocycles. The average molecular weight is 509 g/mol. The number of carbonyl (C=O) groups excluding carboxylic acids is 1. The molecular weight excluding hydrogens is 494 g/mol. The Morgan fingerprint density at radius 1 is 1.14 bits per heavy atom. The molecule has 1 N–H and O–H groups in total. The predicted octanol–water partition coefficient (Wildman–Crippen LogP) is 5.42. The smallest absolute Gasteiger partial charge is 0.249 e. The van der Waals surface area contributed by atoms with Gasteiger partial charge in [0.1, 0.15) is 5.75 Å². The lowest BCUT2D eigenvalue weighted by molar-refractivity contribution is 0.100. The molecule has 4 rings (SSSR count). The third-order valence-electron chi connectivity index (χ3n) is 4.78. The van der Waals surface area contributed by atoms with Crippen molar-refractivity contribution in [3.63, 3.8) is 0 Å². The summed E-state index contributed by atoms with van der Waals surface area (Å²) in [5.41, 5.74) is 9.97. The number of rotatable bonds is 7. The fraction of sp³-hybridized carbons (Fsp3) is 0.0455. The molecule has 0 saturated heterocycles. The van der Waals surface area contributed by atoms with Crippen LogP contribution in [0.5, 0.6) is 5.75 Å². The first-order valence-corrected chi connectivity index (χ1v) is 11.3. The van der Waals surface area contributed by atoms with Crippen LogP contribution < -0.4 is 14.4 Å². The maximum Gasteiger partial charge on any atom is 0.249 e. The van der Waals surface area contributed by atoms with Crippen molar-refractivity contribution in [2.24, 2.45) is 5.11 Å². The molecule has 1 aromatic heterocycles. The van der Waals surface area contributed by atoms with Crippen LogP contribution in [0.25, 0.3) is 21.5 Å². The molecule has 0 aliphatic heterocycles. The summed E-state index contributed by atoms with van der Waals surface area (Å²) in [5.74, 6) is -0.350. The minimum absolute atomic E-state index is 0.00477. The van der Waals surface area contributed by atoms with Crippen molar-refractivity contribution in [2.75, 3.05) is 16.7 Å². The Kier molecular flexibility index (Phi) is 7.09. The van der Waals surface area contributed by atoms with Gasteiger partial charge in [0.05, 0.1) is 45.8 Å². The van der Waals surface area contributed by atoms with Crippen LogP contribution in [0.4, 0.5) is 23.0 Å². The predicted molar refractivity (Wildman–Crippen MR) is 132 cm³/mol. The Labute approximate surface area is 206 Å². The Balaban J connectivity index is 1.91. The molecule has 0 bridgehead atoms. The van der Waals surface area contributed by atoms with Gasteiger partial charge in [0.25, 0.3) is 0 Å². The van der Waals surface area contributed by atoms with Crippen LogP contribution in [0.15, 0.2) is 71.8 Å². The third kappa shape index (κ3) is 5.15. The summed E-state index contributed by atoms with van der Waals surface area (Å²) in [7, 11) is 1.50. The van der Waals surface area contributed by atoms with Crippen molar-refractivity contribution >= 4 is 62.8 Å². The second kappa shape index (κ2) is 10.4. The highest BCUT2D eigenvalue weighted by molar-refractivity contribution is 7.81. The number of hydrogen-bond donors (Lipinski definition) is 1. The summed E-state index contributed by atoms with van der Waals surface area (Å²) in [4.78, 5) is 23.6. The molecule has 3 aromatic carbocycles. The molecule has 0 radical (unpaired) electrons. The molecule has 35 heavy (non-hydrogen) atoms. The molecule has 0 fully saturated rings. The van der Waals surface area contributed by atoms with E-state index >= 15 is 0 Å². The normalized spacial score (nSPS) is 11.4. The first-order valence-electron chi connectivity index (χ1n) is 9.87. The minimum Gasteiger partial charge on any atom is -0.755 e. The number of nitrogens with one attached hydrogen (secondary N) is 1. The van der Waals surface area contributed by atoms with Crippen LogP contribution in [0, 0.1) is 0 Å². The lowest BCUT2D eigenvalue weighted by Gasteiger charge is -2.27. The van der Waals surface area contributed by atoms with E-state index in [9.17, 15) is 13.6 Å². The fourth-order valence-corrected chi connectivity index (χ4v) is 3.93. The number of benzene rings is 3. The highest BCUT2D eigenvalue weighted by Gasteiger charge is 2.21. The lowest BCUT2D eigenvalue weighted by atomic mass is 10.2. The number of para-hydroxylation sites is 2. The van der Waals surface area contributed by atoms with Gasteiger partial charge in [-0.15, -0.1) is 0 Å². The van der Waals surface area contributed by atoms with Crippen LogP contribution in [-0.2, 0) is 11.3 Å². The molecule has 4 aromatic rings. The zero-order valence-corrected chi connectivity index (χ0v) is 19.5. The largest absolute Gasteiger partial charge is 0.755 e. The summed E-state index contributed by atoms with van der Waals surface area (Å²) in [6.07, 6.45) is 0. The van der Waals surface area contributed by atoms with Crippen LogP contribution in [0.3, 0.4) is 0 Å². The van der Waals surface area contributed by atoms with E-state index in [0.29, 0.717) is 27.5 Å². The Morgan fingerprint density at radius 3 is 2.57 bits per heavy atom. The van der Waals surface area contributed by atoms with Gasteiger partial charge in [-0.1, -0.05) is 35.9 Å². The summed E-state index contributed by atoms with van der Waals surface area (Å²) in [5, 5.41) is 6.43. The zero-order chi connectivity index (χ0) is 24.9. The second-order valence-electron chi connectivity index (χ2n) is 6.91. The number of carbonyl (C=O) groups is 1. The van der Waals surface area contributed by atoms with E-state index in [2.05, 4.69) is 25.3 Å². The SMILES string of the molecule is COc1ccc(Cl)c(Nc2nc3ccccc3nc2N(c2cccc(C(=O)N=[N+]=[N-])c2)S(=O)[O-])c1. The van der Waals surface area contributed by atoms with Gasteiger partial charge in [-0.3, -0.25) is 13.3 Å². The molecule has 0 aliphatic rings. The fourth-order valence-electron chi connectivity index (χ4n) is 3.21. The lowest BCUT2D eigenvalue weighted by Crippen LogP contribution is -2.22. The van der Waals surface area contributed by atoms with Crippen molar-refractivity contribution < 1.29 is 18.3 Å². The van der Waals surface area contributed by atoms with Gasteiger partial charge in [-0.2, -0.15) is 0 Å². The van der Waals surface area contributed by atoms with Crippen molar-refractivity contribution in [1.29, 1.82) is 0 Å². The van der Waals surface area contributed by atoms with Crippen molar-refractivity contribution in [3.8, 4) is 5.75 Å². The van der Waals surface area contributed by atoms with Gasteiger partial charge in [0, 0.05) is 16.5 Å². The van der Waals surface area contributed by atoms with E-state index in [4.69, 9.17) is 21.9 Å². The summed E-state index contributed by atoms with van der Waals surface area (Å²) in [6, 6.07) is 17.4. The van der Waals surface area contributed by atoms with Gasteiger partial charge >= 0.3 is 0 Å². The van der Waals surface area contributed by atoms with Gasteiger partial charge in [-0.05, 0) is 47.0 Å². The van der Waals surface area contributed by atoms with Gasteiger partial charge < -0.3 is 14.6 Å². The van der Waals surface area contributed by atoms with E-state index < -0.39 is 17.2 Å².